The number of hydrogen-bond donors (Lipinski definition) is 1. The molecule has 30 heavy (non-hydrogen) atoms. The monoisotopic (exact) mass is 427 g/mol. The number of esters is 1. The highest BCUT2D eigenvalue weighted by Crippen LogP contribution is 2.23. The first-order valence-corrected chi connectivity index (χ1v) is 10.7. The van der Waals surface area contributed by atoms with Gasteiger partial charge in [0.2, 0.25) is 10.0 Å². The molecule has 0 aliphatic heterocycles. The minimum Gasteiger partial charge on any atom is -0.460 e. The van der Waals surface area contributed by atoms with Crippen LogP contribution in [0.25, 0.3) is 17.0 Å². The lowest BCUT2D eigenvalue weighted by Gasteiger charge is -2.10. The van der Waals surface area contributed by atoms with E-state index in [4.69, 9.17) is 9.15 Å². The second-order valence-electron chi connectivity index (χ2n) is 6.72. The summed E-state index contributed by atoms with van der Waals surface area (Å²) in [6.07, 6.45) is 1.42. The van der Waals surface area contributed by atoms with E-state index in [0.717, 1.165) is 16.5 Å². The average Bonchev–Trinajstić information content (AvgIpc) is 2.73. The molecule has 3 aromatic rings. The Hall–Kier alpha value is -3.23. The molecular weight excluding hydrogens is 406 g/mol. The summed E-state index contributed by atoms with van der Waals surface area (Å²) >= 11 is 0. The van der Waals surface area contributed by atoms with Crippen LogP contribution in [0, 0.1) is 13.8 Å². The van der Waals surface area contributed by atoms with Crippen molar-refractivity contribution < 1.29 is 22.4 Å². The van der Waals surface area contributed by atoms with Crippen molar-refractivity contribution in [3.05, 3.63) is 86.6 Å². The van der Waals surface area contributed by atoms with Crippen LogP contribution in [-0.2, 0) is 26.2 Å². The lowest BCUT2D eigenvalue weighted by Crippen LogP contribution is -2.29. The highest BCUT2D eigenvalue weighted by atomic mass is 32.2. The highest BCUT2D eigenvalue weighted by Gasteiger charge is 2.13. The molecule has 0 atom stereocenters. The van der Waals surface area contributed by atoms with Crippen LogP contribution in [0.3, 0.4) is 0 Å². The van der Waals surface area contributed by atoms with Crippen LogP contribution in [0.2, 0.25) is 0 Å². The zero-order valence-electron chi connectivity index (χ0n) is 16.5. The average molecular weight is 427 g/mol. The third-order valence-corrected chi connectivity index (χ3v) is 5.60. The molecule has 0 amide bonds. The van der Waals surface area contributed by atoms with Gasteiger partial charge in [-0.15, -0.1) is 0 Å². The number of fused-ring (bicyclic) bond motifs is 1. The summed E-state index contributed by atoms with van der Waals surface area (Å²) in [6, 6.07) is 13.8. The lowest BCUT2D eigenvalue weighted by atomic mass is 10.0. The van der Waals surface area contributed by atoms with E-state index in [9.17, 15) is 18.0 Å². The van der Waals surface area contributed by atoms with Crippen LogP contribution >= 0.6 is 0 Å². The Morgan fingerprint density at radius 1 is 1.13 bits per heavy atom. The van der Waals surface area contributed by atoms with Crippen molar-refractivity contribution in [1.29, 1.82) is 0 Å². The quantitative estimate of drug-likeness (QED) is 0.459. The number of carbonyl (C=O) groups is 1. The molecule has 2 aromatic carbocycles. The van der Waals surface area contributed by atoms with Gasteiger partial charge in [0.1, 0.15) is 18.7 Å². The van der Waals surface area contributed by atoms with E-state index in [-0.39, 0.29) is 6.61 Å². The Morgan fingerprint density at radius 3 is 2.60 bits per heavy atom. The number of carbonyl (C=O) groups excluding carboxylic acids is 1. The molecule has 8 heteroatoms. The summed E-state index contributed by atoms with van der Waals surface area (Å²) < 4.78 is 36.6. The van der Waals surface area contributed by atoms with Crippen molar-refractivity contribution in [2.45, 2.75) is 20.5 Å². The molecule has 1 N–H and O–H groups in total. The van der Waals surface area contributed by atoms with Crippen molar-refractivity contribution in [2.24, 2.45) is 0 Å². The predicted octanol–water partition coefficient (Wildman–Crippen LogP) is 3.04. The maximum atomic E-state index is 12.0. The number of sulfonamides is 1. The molecule has 0 unspecified atom stereocenters. The molecule has 1 heterocycles. The molecule has 0 aliphatic rings. The third kappa shape index (κ3) is 5.43. The molecule has 7 nitrogen and oxygen atoms in total. The summed E-state index contributed by atoms with van der Waals surface area (Å²) in [5, 5.41) is 1.65. The van der Waals surface area contributed by atoms with Crippen LogP contribution in [0.4, 0.5) is 0 Å². The normalized spacial score (nSPS) is 11.8. The Balaban J connectivity index is 1.63. The van der Waals surface area contributed by atoms with E-state index in [1.165, 1.54) is 12.1 Å². The molecule has 0 spiro atoms. The molecule has 0 saturated carbocycles. The first-order chi connectivity index (χ1) is 14.2. The summed E-state index contributed by atoms with van der Waals surface area (Å²) in [4.78, 5) is 23.9. The van der Waals surface area contributed by atoms with Crippen molar-refractivity contribution in [3.63, 3.8) is 0 Å². The number of rotatable bonds is 7. The largest absolute Gasteiger partial charge is 0.460 e. The van der Waals surface area contributed by atoms with Gasteiger partial charge in [0, 0.05) is 22.4 Å². The molecule has 0 aliphatic carbocycles. The first-order valence-electron chi connectivity index (χ1n) is 9.16. The SMILES string of the molecule is Cc1ccc2c(COC(=O)CNS(=O)(=O)/C=C/c3ccccc3)cc(=O)oc2c1C. The van der Waals surface area contributed by atoms with Gasteiger partial charge in [-0.2, -0.15) is 0 Å². The fourth-order valence-electron chi connectivity index (χ4n) is 2.79. The van der Waals surface area contributed by atoms with Crippen molar-refractivity contribution in [2.75, 3.05) is 6.54 Å². The summed E-state index contributed by atoms with van der Waals surface area (Å²) in [5.41, 5.74) is 2.90. The fraction of sp³-hybridized carbons (Fsp3) is 0.182. The van der Waals surface area contributed by atoms with Crippen molar-refractivity contribution >= 4 is 33.0 Å². The molecular formula is C22H21NO6S. The maximum absolute atomic E-state index is 12.0. The van der Waals surface area contributed by atoms with Gasteiger partial charge in [-0.3, -0.25) is 4.79 Å². The number of aryl methyl sites for hydroxylation is 2. The number of hydrogen-bond acceptors (Lipinski definition) is 6. The first kappa shape index (κ1) is 21.5. The van der Waals surface area contributed by atoms with Crippen molar-refractivity contribution in [3.8, 4) is 0 Å². The minimum atomic E-state index is -3.81. The number of ether oxygens (including phenoxy) is 1. The molecule has 0 fully saturated rings. The van der Waals surface area contributed by atoms with Gasteiger partial charge in [-0.1, -0.05) is 42.5 Å². The second-order valence-corrected chi connectivity index (χ2v) is 8.37. The van der Waals surface area contributed by atoms with Crippen LogP contribution < -0.4 is 10.3 Å². The van der Waals surface area contributed by atoms with E-state index < -0.39 is 28.2 Å². The smallest absolute Gasteiger partial charge is 0.336 e. The molecule has 0 saturated heterocycles. The Kier molecular flexibility index (Phi) is 6.49. The minimum absolute atomic E-state index is 0.176. The zero-order chi connectivity index (χ0) is 21.7. The van der Waals surface area contributed by atoms with E-state index >= 15 is 0 Å². The predicted molar refractivity (Wildman–Crippen MR) is 114 cm³/mol. The molecule has 0 bridgehead atoms. The van der Waals surface area contributed by atoms with Crippen LogP contribution in [0.1, 0.15) is 22.3 Å². The summed E-state index contributed by atoms with van der Waals surface area (Å²) in [5.74, 6) is -0.767. The van der Waals surface area contributed by atoms with Gasteiger partial charge in [0.05, 0.1) is 0 Å². The maximum Gasteiger partial charge on any atom is 0.336 e. The summed E-state index contributed by atoms with van der Waals surface area (Å²) in [6.45, 7) is 3.04. The van der Waals surface area contributed by atoms with E-state index in [2.05, 4.69) is 4.72 Å². The van der Waals surface area contributed by atoms with E-state index in [0.29, 0.717) is 22.1 Å². The lowest BCUT2D eigenvalue weighted by molar-refractivity contribution is -0.143. The van der Waals surface area contributed by atoms with Crippen LogP contribution in [0.5, 0.6) is 0 Å². The third-order valence-electron chi connectivity index (χ3n) is 4.56. The van der Waals surface area contributed by atoms with Crippen LogP contribution in [0.15, 0.2) is 63.2 Å². The van der Waals surface area contributed by atoms with Crippen molar-refractivity contribution in [1.82, 2.24) is 4.72 Å². The van der Waals surface area contributed by atoms with Gasteiger partial charge >= 0.3 is 11.6 Å². The van der Waals surface area contributed by atoms with E-state index in [1.807, 2.05) is 26.0 Å². The number of benzene rings is 2. The number of nitrogens with one attached hydrogen (secondary N) is 1. The second kappa shape index (κ2) is 9.06. The Labute approximate surface area is 174 Å². The molecule has 3 rings (SSSR count). The van der Waals surface area contributed by atoms with Gasteiger partial charge < -0.3 is 9.15 Å². The van der Waals surface area contributed by atoms with Gasteiger partial charge in [0.25, 0.3) is 0 Å². The zero-order valence-corrected chi connectivity index (χ0v) is 17.4. The standard InChI is InChI=1S/C22H21NO6S/c1-15-8-9-19-18(12-20(24)29-22(19)16(15)2)14-28-21(25)13-23-30(26,27)11-10-17-6-4-3-5-7-17/h3-12,23H,13-14H2,1-2H3/b11-10+. The Bertz CT molecular complexity index is 1260. The highest BCUT2D eigenvalue weighted by molar-refractivity contribution is 7.92. The Morgan fingerprint density at radius 2 is 1.87 bits per heavy atom. The van der Waals surface area contributed by atoms with Gasteiger partial charge in [0.15, 0.2) is 0 Å². The van der Waals surface area contributed by atoms with Crippen LogP contribution in [-0.4, -0.2) is 20.9 Å². The van der Waals surface area contributed by atoms with E-state index in [1.54, 1.807) is 30.3 Å². The fourth-order valence-corrected chi connectivity index (χ4v) is 3.54. The summed E-state index contributed by atoms with van der Waals surface area (Å²) in [7, 11) is -3.81. The molecule has 1 aromatic heterocycles. The topological polar surface area (TPSA) is 103 Å². The molecule has 0 radical (unpaired) electrons. The van der Waals surface area contributed by atoms with Gasteiger partial charge in [-0.25, -0.2) is 17.9 Å². The molecule has 156 valence electrons. The van der Waals surface area contributed by atoms with Gasteiger partial charge in [-0.05, 0) is 36.6 Å².